The molecule has 3 nitrogen and oxygen atoms in total. The molecule has 7 heteroatoms. The number of halogens is 4. The van der Waals surface area contributed by atoms with Gasteiger partial charge in [-0.3, -0.25) is 4.79 Å². The van der Waals surface area contributed by atoms with Gasteiger partial charge in [-0.15, -0.1) is 0 Å². The summed E-state index contributed by atoms with van der Waals surface area (Å²) in [6.45, 7) is 0.423. The smallest absolute Gasteiger partial charge is 0.374 e. The molecule has 2 rings (SSSR count). The van der Waals surface area contributed by atoms with Crippen molar-refractivity contribution in [2.24, 2.45) is 0 Å². The van der Waals surface area contributed by atoms with Crippen molar-refractivity contribution in [1.29, 1.82) is 0 Å². The number of nitrogens with zero attached hydrogens (tertiary/aromatic N) is 1. The van der Waals surface area contributed by atoms with E-state index in [1.54, 1.807) is 0 Å². The molecule has 0 radical (unpaired) electrons. The third-order valence-electron chi connectivity index (χ3n) is 3.44. The van der Waals surface area contributed by atoms with Crippen molar-refractivity contribution < 1.29 is 18.0 Å². The van der Waals surface area contributed by atoms with Crippen LogP contribution >= 0.6 is 11.6 Å². The van der Waals surface area contributed by atoms with Crippen LogP contribution in [0.4, 0.5) is 24.5 Å². The van der Waals surface area contributed by atoms with Crippen LogP contribution in [0.15, 0.2) is 48.5 Å². The molecule has 0 unspecified atom stereocenters. The highest BCUT2D eigenvalue weighted by atomic mass is 35.5. The topological polar surface area (TPSA) is 32.3 Å². The van der Waals surface area contributed by atoms with E-state index in [0.717, 1.165) is 23.9 Å². The lowest BCUT2D eigenvalue weighted by molar-refractivity contribution is -0.137. The Labute approximate surface area is 143 Å². The van der Waals surface area contributed by atoms with Crippen LogP contribution in [0.25, 0.3) is 0 Å². The second-order valence-electron chi connectivity index (χ2n) is 5.25. The van der Waals surface area contributed by atoms with Crippen LogP contribution in [-0.4, -0.2) is 19.5 Å². The molecule has 0 saturated carbocycles. The number of hydrogen-bond donors (Lipinski definition) is 1. The van der Waals surface area contributed by atoms with Crippen molar-refractivity contribution >= 4 is 28.9 Å². The van der Waals surface area contributed by atoms with Gasteiger partial charge < -0.3 is 10.2 Å². The van der Waals surface area contributed by atoms with Crippen LogP contribution in [0.3, 0.4) is 0 Å². The fourth-order valence-electron chi connectivity index (χ4n) is 2.09. The van der Waals surface area contributed by atoms with Crippen LogP contribution in [0.1, 0.15) is 12.0 Å². The number of alkyl halides is 3. The third kappa shape index (κ3) is 4.89. The Bertz CT molecular complexity index is 705. The first-order valence-corrected chi connectivity index (χ1v) is 7.58. The first-order chi connectivity index (χ1) is 11.3. The van der Waals surface area contributed by atoms with E-state index in [0.29, 0.717) is 6.54 Å². The number of benzene rings is 2. The molecule has 0 aliphatic heterocycles. The van der Waals surface area contributed by atoms with Crippen molar-refractivity contribution in [2.45, 2.75) is 12.6 Å². The van der Waals surface area contributed by atoms with Gasteiger partial charge in [0.25, 0.3) is 0 Å². The van der Waals surface area contributed by atoms with Crippen LogP contribution in [-0.2, 0) is 11.0 Å². The lowest BCUT2D eigenvalue weighted by Gasteiger charge is -2.19. The van der Waals surface area contributed by atoms with Crippen molar-refractivity contribution in [3.8, 4) is 0 Å². The molecule has 0 aliphatic rings. The normalized spacial score (nSPS) is 11.2. The second kappa shape index (κ2) is 7.57. The molecule has 24 heavy (non-hydrogen) atoms. The lowest BCUT2D eigenvalue weighted by atomic mass is 10.2. The van der Waals surface area contributed by atoms with Gasteiger partial charge in [-0.2, -0.15) is 13.2 Å². The van der Waals surface area contributed by atoms with Crippen LogP contribution in [0.5, 0.6) is 0 Å². The Kier molecular flexibility index (Phi) is 5.72. The van der Waals surface area contributed by atoms with Gasteiger partial charge in [-0.05, 0) is 30.3 Å². The van der Waals surface area contributed by atoms with E-state index < -0.39 is 17.6 Å². The van der Waals surface area contributed by atoms with E-state index in [-0.39, 0.29) is 17.1 Å². The zero-order chi connectivity index (χ0) is 17.7. The van der Waals surface area contributed by atoms with Gasteiger partial charge in [0, 0.05) is 25.7 Å². The maximum Gasteiger partial charge on any atom is 0.416 e. The Balaban J connectivity index is 1.97. The average molecular weight is 357 g/mol. The highest BCUT2D eigenvalue weighted by molar-refractivity contribution is 6.33. The summed E-state index contributed by atoms with van der Waals surface area (Å²) in [4.78, 5) is 13.9. The highest BCUT2D eigenvalue weighted by Crippen LogP contribution is 2.33. The Morgan fingerprint density at radius 1 is 1.17 bits per heavy atom. The van der Waals surface area contributed by atoms with Crippen LogP contribution in [0.2, 0.25) is 5.02 Å². The van der Waals surface area contributed by atoms with E-state index in [4.69, 9.17) is 11.6 Å². The zero-order valence-corrected chi connectivity index (χ0v) is 13.7. The molecular formula is C17H16ClF3N2O. The fraction of sp³-hybridized carbons (Fsp3) is 0.235. The maximum absolute atomic E-state index is 12.7. The molecule has 0 spiro atoms. The van der Waals surface area contributed by atoms with Gasteiger partial charge in [0.15, 0.2) is 0 Å². The van der Waals surface area contributed by atoms with Crippen LogP contribution < -0.4 is 10.2 Å². The summed E-state index contributed by atoms with van der Waals surface area (Å²) in [6.07, 6.45) is -4.37. The molecule has 0 fully saturated rings. The third-order valence-corrected chi connectivity index (χ3v) is 3.77. The predicted octanol–water partition coefficient (Wildman–Crippen LogP) is 4.82. The molecular weight excluding hydrogens is 341 g/mol. The molecule has 0 saturated heterocycles. The first kappa shape index (κ1) is 18.1. The summed E-state index contributed by atoms with van der Waals surface area (Å²) < 4.78 is 38.1. The lowest BCUT2D eigenvalue weighted by Crippen LogP contribution is -2.24. The van der Waals surface area contributed by atoms with E-state index >= 15 is 0 Å². The van der Waals surface area contributed by atoms with E-state index in [1.807, 2.05) is 42.3 Å². The zero-order valence-electron chi connectivity index (χ0n) is 12.9. The molecule has 0 aromatic heterocycles. The van der Waals surface area contributed by atoms with Gasteiger partial charge in [0.1, 0.15) is 0 Å². The van der Waals surface area contributed by atoms with Gasteiger partial charge in [-0.25, -0.2) is 0 Å². The Hall–Kier alpha value is -2.21. The molecule has 0 aliphatic carbocycles. The molecule has 2 aromatic carbocycles. The van der Waals surface area contributed by atoms with Crippen molar-refractivity contribution in [3.05, 3.63) is 59.1 Å². The van der Waals surface area contributed by atoms with E-state index in [9.17, 15) is 18.0 Å². The minimum Gasteiger partial charge on any atom is -0.374 e. The number of nitrogens with one attached hydrogen (secondary N) is 1. The number of anilines is 2. The Morgan fingerprint density at radius 3 is 2.46 bits per heavy atom. The number of rotatable bonds is 5. The minimum atomic E-state index is -4.49. The Morgan fingerprint density at radius 2 is 1.83 bits per heavy atom. The summed E-state index contributed by atoms with van der Waals surface area (Å²) in [5.41, 5.74) is 0.0462. The first-order valence-electron chi connectivity index (χ1n) is 7.20. The number of carbonyl (C=O) groups excluding carboxylic acids is 1. The van der Waals surface area contributed by atoms with Crippen molar-refractivity contribution in [1.82, 2.24) is 0 Å². The summed E-state index contributed by atoms with van der Waals surface area (Å²) in [6, 6.07) is 12.3. The molecule has 1 N–H and O–H groups in total. The molecule has 1 amide bonds. The fourth-order valence-corrected chi connectivity index (χ4v) is 2.26. The predicted molar refractivity (Wildman–Crippen MR) is 89.4 cm³/mol. The SMILES string of the molecule is CN(CCC(=O)Nc1cc(C(F)(F)F)ccc1Cl)c1ccccc1. The minimum absolute atomic E-state index is 0.0427. The number of hydrogen-bond acceptors (Lipinski definition) is 2. The van der Waals surface area contributed by atoms with Crippen molar-refractivity contribution in [3.63, 3.8) is 0 Å². The summed E-state index contributed by atoms with van der Waals surface area (Å²) >= 11 is 5.86. The number of amides is 1. The molecule has 0 heterocycles. The second-order valence-corrected chi connectivity index (χ2v) is 5.65. The highest BCUT2D eigenvalue weighted by Gasteiger charge is 2.31. The monoisotopic (exact) mass is 356 g/mol. The van der Waals surface area contributed by atoms with E-state index in [2.05, 4.69) is 5.32 Å². The molecule has 0 bridgehead atoms. The van der Waals surface area contributed by atoms with Gasteiger partial charge in [-0.1, -0.05) is 29.8 Å². The van der Waals surface area contributed by atoms with E-state index in [1.165, 1.54) is 0 Å². The summed E-state index contributed by atoms with van der Waals surface area (Å²) in [5, 5.41) is 2.49. The number of carbonyl (C=O) groups is 1. The standard InChI is InChI=1S/C17H16ClF3N2O/c1-23(13-5-3-2-4-6-13)10-9-16(24)22-15-11-12(17(19,20)21)7-8-14(15)18/h2-8,11H,9-10H2,1H3,(H,22,24). The molecule has 2 aromatic rings. The summed E-state index contributed by atoms with van der Waals surface area (Å²) in [7, 11) is 1.83. The largest absolute Gasteiger partial charge is 0.416 e. The molecule has 128 valence electrons. The van der Waals surface area contributed by atoms with Crippen molar-refractivity contribution in [2.75, 3.05) is 23.8 Å². The maximum atomic E-state index is 12.7. The van der Waals surface area contributed by atoms with Gasteiger partial charge in [0.2, 0.25) is 5.91 Å². The molecule has 0 atom stereocenters. The number of para-hydroxylation sites is 1. The quantitative estimate of drug-likeness (QED) is 0.832. The van der Waals surface area contributed by atoms with Gasteiger partial charge >= 0.3 is 6.18 Å². The van der Waals surface area contributed by atoms with Crippen LogP contribution in [0, 0.1) is 0 Å². The summed E-state index contributed by atoms with van der Waals surface area (Å²) in [5.74, 6) is -0.404. The average Bonchev–Trinajstić information content (AvgIpc) is 2.54. The van der Waals surface area contributed by atoms with Gasteiger partial charge in [0.05, 0.1) is 16.3 Å².